The van der Waals surface area contributed by atoms with E-state index in [9.17, 15) is 21.6 Å². The van der Waals surface area contributed by atoms with Crippen LogP contribution in [-0.2, 0) is 29.2 Å². The van der Waals surface area contributed by atoms with E-state index in [2.05, 4.69) is 10.2 Å². The van der Waals surface area contributed by atoms with E-state index in [1.807, 2.05) is 0 Å². The fourth-order valence-corrected chi connectivity index (χ4v) is 6.17. The molecule has 0 N–H and O–H groups in total. The molecule has 10 heteroatoms. The van der Waals surface area contributed by atoms with Crippen molar-refractivity contribution in [2.45, 2.75) is 54.4 Å². The van der Waals surface area contributed by atoms with Crippen molar-refractivity contribution < 1.29 is 26.4 Å². The Labute approximate surface area is 177 Å². The van der Waals surface area contributed by atoms with Crippen LogP contribution in [0, 0.1) is 0 Å². The number of benzene rings is 1. The van der Waals surface area contributed by atoms with E-state index in [0.29, 0.717) is 49.5 Å². The number of carbonyl (C=O) groups excluding carboxylic acids is 1. The highest BCUT2D eigenvalue weighted by molar-refractivity contribution is 7.94. The molecule has 2 aliphatic heterocycles. The standard InChI is InChI=1S/C20H26N2O6S2/c1-20(2,30(26,27)17-8-10-28-11-9-17)19(23)13-15-12-18(22-21-15)14-4-6-16(7-5-14)29(3,24)25/h4-7,17H,8-13H2,1-3H3. The molecule has 164 valence electrons. The fourth-order valence-electron chi connectivity index (χ4n) is 3.51. The largest absolute Gasteiger partial charge is 0.381 e. The molecule has 3 rings (SSSR count). The first-order chi connectivity index (χ1) is 13.9. The van der Waals surface area contributed by atoms with E-state index < -0.39 is 35.5 Å². The molecule has 0 aliphatic carbocycles. The normalized spacial score (nSPS) is 18.8. The van der Waals surface area contributed by atoms with Crippen molar-refractivity contribution in [3.05, 3.63) is 29.8 Å². The summed E-state index contributed by atoms with van der Waals surface area (Å²) in [6.07, 6.45) is 2.16. The highest BCUT2D eigenvalue weighted by atomic mass is 32.2. The Hall–Kier alpha value is -1.91. The molecular weight excluding hydrogens is 428 g/mol. The Kier molecular flexibility index (Phi) is 6.31. The minimum absolute atomic E-state index is 0.0934. The number of nitrogens with zero attached hydrogens (tertiary/aromatic N) is 2. The zero-order valence-corrected chi connectivity index (χ0v) is 18.9. The molecular formula is C20H26N2O6S2. The van der Waals surface area contributed by atoms with Crippen LogP contribution in [0.5, 0.6) is 0 Å². The Morgan fingerprint density at radius 2 is 1.67 bits per heavy atom. The van der Waals surface area contributed by atoms with E-state index in [-0.39, 0.29) is 11.3 Å². The van der Waals surface area contributed by atoms with E-state index in [1.165, 1.54) is 26.0 Å². The van der Waals surface area contributed by atoms with Crippen molar-refractivity contribution in [3.63, 3.8) is 0 Å². The van der Waals surface area contributed by atoms with Crippen molar-refractivity contribution in [1.29, 1.82) is 0 Å². The summed E-state index contributed by atoms with van der Waals surface area (Å²) in [7, 11) is -6.95. The number of ketones is 1. The Morgan fingerprint density at radius 3 is 2.23 bits per heavy atom. The van der Waals surface area contributed by atoms with Crippen LogP contribution in [0.3, 0.4) is 0 Å². The summed E-state index contributed by atoms with van der Waals surface area (Å²) in [5.41, 5.74) is 1.82. The molecule has 0 bridgehead atoms. The van der Waals surface area contributed by atoms with E-state index in [4.69, 9.17) is 4.74 Å². The van der Waals surface area contributed by atoms with Gasteiger partial charge in [0.1, 0.15) is 4.75 Å². The van der Waals surface area contributed by atoms with Gasteiger partial charge < -0.3 is 4.74 Å². The van der Waals surface area contributed by atoms with Crippen LogP contribution in [0.1, 0.15) is 45.1 Å². The molecule has 1 aromatic rings. The van der Waals surface area contributed by atoms with Crippen LogP contribution in [-0.4, -0.2) is 63.5 Å². The summed E-state index contributed by atoms with van der Waals surface area (Å²) in [5, 5.41) is 7.59. The summed E-state index contributed by atoms with van der Waals surface area (Å²) < 4.78 is 52.9. The van der Waals surface area contributed by atoms with Gasteiger partial charge in [0.2, 0.25) is 0 Å². The third kappa shape index (κ3) is 4.55. The summed E-state index contributed by atoms with van der Waals surface area (Å²) in [6.45, 7) is 3.69. The molecule has 30 heavy (non-hydrogen) atoms. The van der Waals surface area contributed by atoms with Gasteiger partial charge in [-0.25, -0.2) is 16.8 Å². The number of hydrogen-bond acceptors (Lipinski definition) is 8. The lowest BCUT2D eigenvalue weighted by Crippen LogP contribution is -2.48. The maximum Gasteiger partial charge on any atom is 0.175 e. The molecule has 2 aliphatic rings. The molecule has 0 atom stereocenters. The minimum atomic E-state index is -3.67. The van der Waals surface area contributed by atoms with Crippen LogP contribution >= 0.6 is 0 Å². The van der Waals surface area contributed by atoms with Crippen LogP contribution < -0.4 is 0 Å². The topological polar surface area (TPSA) is 119 Å². The molecule has 0 saturated carbocycles. The van der Waals surface area contributed by atoms with Crippen LogP contribution in [0.2, 0.25) is 0 Å². The maximum atomic E-state index is 13.0. The molecule has 2 heterocycles. The van der Waals surface area contributed by atoms with E-state index in [1.54, 1.807) is 12.1 Å². The Bertz CT molecular complexity index is 1090. The van der Waals surface area contributed by atoms with Gasteiger partial charge in [0, 0.05) is 32.3 Å². The van der Waals surface area contributed by atoms with Crippen molar-refractivity contribution >= 4 is 36.9 Å². The second-order valence-electron chi connectivity index (χ2n) is 8.15. The predicted molar refractivity (Wildman–Crippen MR) is 115 cm³/mol. The van der Waals surface area contributed by atoms with Gasteiger partial charge in [-0.15, -0.1) is 0 Å². The highest BCUT2D eigenvalue weighted by Crippen LogP contribution is 2.30. The second kappa shape index (κ2) is 8.32. The molecule has 1 aromatic carbocycles. The summed E-state index contributed by atoms with van der Waals surface area (Å²) in [6, 6.07) is 6.30. The number of ether oxygens (including phenoxy) is 1. The number of Topliss-reactive ketones (excluding diaryl/α,β-unsaturated/α-hetero) is 1. The molecule has 0 amide bonds. The summed E-state index contributed by atoms with van der Waals surface area (Å²) in [5.74, 6) is -0.406. The van der Waals surface area contributed by atoms with Gasteiger partial charge in [-0.1, -0.05) is 12.1 Å². The smallest absolute Gasteiger partial charge is 0.175 e. The molecule has 0 aromatic heterocycles. The summed E-state index contributed by atoms with van der Waals surface area (Å²) >= 11 is 0. The molecule has 1 fully saturated rings. The van der Waals surface area contributed by atoms with Crippen LogP contribution in [0.4, 0.5) is 0 Å². The zero-order chi connectivity index (χ0) is 22.2. The van der Waals surface area contributed by atoms with Gasteiger partial charge in [-0.3, -0.25) is 4.79 Å². The van der Waals surface area contributed by atoms with E-state index >= 15 is 0 Å². The van der Waals surface area contributed by atoms with Gasteiger partial charge in [0.25, 0.3) is 0 Å². The lowest BCUT2D eigenvalue weighted by atomic mass is 9.98. The van der Waals surface area contributed by atoms with Crippen LogP contribution in [0.15, 0.2) is 39.4 Å². The first-order valence-corrected chi connectivity index (χ1v) is 13.1. The second-order valence-corrected chi connectivity index (χ2v) is 12.9. The molecule has 0 unspecified atom stereocenters. The Balaban J connectivity index is 1.66. The van der Waals surface area contributed by atoms with Gasteiger partial charge in [0.05, 0.1) is 21.6 Å². The third-order valence-electron chi connectivity index (χ3n) is 5.65. The van der Waals surface area contributed by atoms with Crippen LogP contribution in [0.25, 0.3) is 0 Å². The molecule has 1 saturated heterocycles. The molecule has 8 nitrogen and oxygen atoms in total. The SMILES string of the molecule is CC(C)(C(=O)CC1=NN=C(c2ccc(S(C)(=O)=O)cc2)C1)S(=O)(=O)C1CCOCC1. The van der Waals surface area contributed by atoms with Gasteiger partial charge >= 0.3 is 0 Å². The number of hydrogen-bond donors (Lipinski definition) is 0. The summed E-state index contributed by atoms with van der Waals surface area (Å²) in [4.78, 5) is 13.1. The quantitative estimate of drug-likeness (QED) is 0.621. The number of sulfone groups is 2. The van der Waals surface area contributed by atoms with Gasteiger partial charge in [-0.2, -0.15) is 10.2 Å². The first-order valence-electron chi connectivity index (χ1n) is 9.70. The number of carbonyl (C=O) groups is 1. The third-order valence-corrected chi connectivity index (χ3v) is 9.78. The van der Waals surface area contributed by atoms with Crippen molar-refractivity contribution in [3.8, 4) is 0 Å². The average Bonchev–Trinajstić information content (AvgIpc) is 3.16. The monoisotopic (exact) mass is 454 g/mol. The lowest BCUT2D eigenvalue weighted by Gasteiger charge is -2.31. The van der Waals surface area contributed by atoms with Gasteiger partial charge in [0.15, 0.2) is 25.5 Å². The minimum Gasteiger partial charge on any atom is -0.381 e. The molecule has 0 spiro atoms. The zero-order valence-electron chi connectivity index (χ0n) is 17.3. The lowest BCUT2D eigenvalue weighted by molar-refractivity contribution is -0.119. The number of rotatable bonds is 7. The highest BCUT2D eigenvalue weighted by Gasteiger charge is 2.46. The van der Waals surface area contributed by atoms with Crippen molar-refractivity contribution in [2.24, 2.45) is 10.2 Å². The Morgan fingerprint density at radius 1 is 1.07 bits per heavy atom. The van der Waals surface area contributed by atoms with Crippen molar-refractivity contribution in [2.75, 3.05) is 19.5 Å². The fraction of sp³-hybridized carbons (Fsp3) is 0.550. The molecule has 0 radical (unpaired) electrons. The van der Waals surface area contributed by atoms with Crippen molar-refractivity contribution in [1.82, 2.24) is 0 Å². The predicted octanol–water partition coefficient (Wildman–Crippen LogP) is 1.97. The van der Waals surface area contributed by atoms with E-state index in [0.717, 1.165) is 6.26 Å². The average molecular weight is 455 g/mol. The maximum absolute atomic E-state index is 13.0. The van der Waals surface area contributed by atoms with Gasteiger partial charge in [-0.05, 0) is 44.4 Å². The first kappa shape index (κ1) is 22.8.